The zero-order valence-corrected chi connectivity index (χ0v) is 9.49. The van der Waals surface area contributed by atoms with Gasteiger partial charge in [-0.25, -0.2) is 9.18 Å². The van der Waals surface area contributed by atoms with Crippen LogP contribution in [0.1, 0.15) is 24.2 Å². The molecule has 0 saturated heterocycles. The maximum absolute atomic E-state index is 12.8. The summed E-state index contributed by atoms with van der Waals surface area (Å²) in [5.74, 6) is -4.03. The van der Waals surface area contributed by atoms with E-state index in [9.17, 15) is 27.2 Å². The Morgan fingerprint density at radius 3 is 2.32 bits per heavy atom. The average molecular weight is 280 g/mol. The lowest BCUT2D eigenvalue weighted by Gasteiger charge is -2.18. The molecule has 0 bridgehead atoms. The molecule has 4 nitrogen and oxygen atoms in total. The third-order valence-corrected chi connectivity index (χ3v) is 2.11. The molecule has 104 valence electrons. The number of carboxylic acids is 1. The van der Waals surface area contributed by atoms with Gasteiger partial charge in [-0.15, -0.1) is 0 Å². The first-order chi connectivity index (χ1) is 8.62. The third kappa shape index (κ3) is 3.67. The van der Waals surface area contributed by atoms with Gasteiger partial charge in [-0.1, -0.05) is 6.07 Å². The van der Waals surface area contributed by atoms with Crippen molar-refractivity contribution in [3.63, 3.8) is 0 Å². The smallest absolute Gasteiger partial charge is 0.416 e. The van der Waals surface area contributed by atoms with Crippen molar-refractivity contribution in [1.82, 2.24) is 0 Å². The number of carbonyl (C=O) groups excluding carboxylic acids is 1. The van der Waals surface area contributed by atoms with E-state index in [0.29, 0.717) is 12.1 Å². The minimum atomic E-state index is -4.97. The molecule has 0 aliphatic carbocycles. The fourth-order valence-electron chi connectivity index (χ4n) is 1.42. The van der Waals surface area contributed by atoms with Gasteiger partial charge in [0.05, 0.1) is 5.56 Å². The normalized spacial score (nSPS) is 12.9. The first-order valence-electron chi connectivity index (χ1n) is 4.89. The number of halogens is 4. The van der Waals surface area contributed by atoms with Gasteiger partial charge in [0.15, 0.2) is 0 Å². The standard InChI is InChI=1S/C11H8F4O4/c1-5(16)19-9(10(17)18)7-3-2-6(12)4-8(7)11(13,14)15/h2-4,9H,1H3,(H,17,18). The first-order valence-corrected chi connectivity index (χ1v) is 4.89. The highest BCUT2D eigenvalue weighted by molar-refractivity contribution is 5.79. The van der Waals surface area contributed by atoms with Gasteiger partial charge in [-0.2, -0.15) is 13.2 Å². The molecule has 0 aliphatic heterocycles. The summed E-state index contributed by atoms with van der Waals surface area (Å²) >= 11 is 0. The van der Waals surface area contributed by atoms with Gasteiger partial charge >= 0.3 is 18.1 Å². The number of ether oxygens (including phenoxy) is 1. The lowest BCUT2D eigenvalue weighted by molar-refractivity contribution is -0.164. The molecule has 19 heavy (non-hydrogen) atoms. The van der Waals surface area contributed by atoms with Crippen LogP contribution >= 0.6 is 0 Å². The summed E-state index contributed by atoms with van der Waals surface area (Å²) in [6.07, 6.45) is -7.11. The second-order valence-electron chi connectivity index (χ2n) is 3.56. The van der Waals surface area contributed by atoms with Gasteiger partial charge in [0.2, 0.25) is 6.10 Å². The monoisotopic (exact) mass is 280 g/mol. The van der Waals surface area contributed by atoms with Crippen LogP contribution in [0.15, 0.2) is 18.2 Å². The van der Waals surface area contributed by atoms with E-state index in [0.717, 1.165) is 6.92 Å². The van der Waals surface area contributed by atoms with Gasteiger partial charge in [-0.3, -0.25) is 4.79 Å². The van der Waals surface area contributed by atoms with Gasteiger partial charge < -0.3 is 9.84 Å². The van der Waals surface area contributed by atoms with Crippen molar-refractivity contribution in [2.24, 2.45) is 0 Å². The van der Waals surface area contributed by atoms with Gasteiger partial charge in [0, 0.05) is 12.5 Å². The van der Waals surface area contributed by atoms with Crippen LogP contribution in [0.4, 0.5) is 17.6 Å². The number of benzene rings is 1. The molecule has 1 aromatic rings. The maximum Gasteiger partial charge on any atom is 0.416 e. The molecule has 1 unspecified atom stereocenters. The zero-order chi connectivity index (χ0) is 14.8. The number of aliphatic carboxylic acids is 1. The minimum absolute atomic E-state index is 0.148. The molecule has 8 heteroatoms. The summed E-state index contributed by atoms with van der Waals surface area (Å²) in [5.41, 5.74) is -2.34. The number of esters is 1. The molecule has 0 amide bonds. The second kappa shape index (κ2) is 5.25. The highest BCUT2D eigenvalue weighted by Crippen LogP contribution is 2.36. The predicted octanol–water partition coefficient (Wildman–Crippen LogP) is 2.53. The van der Waals surface area contributed by atoms with E-state index >= 15 is 0 Å². The Kier molecular flexibility index (Phi) is 4.13. The molecule has 0 heterocycles. The SMILES string of the molecule is CC(=O)OC(C(=O)O)c1ccc(F)cc1C(F)(F)F. The summed E-state index contributed by atoms with van der Waals surface area (Å²) in [6.45, 7) is 0.854. The molecular weight excluding hydrogens is 272 g/mol. The highest BCUT2D eigenvalue weighted by atomic mass is 19.4. The Morgan fingerprint density at radius 1 is 1.32 bits per heavy atom. The van der Waals surface area contributed by atoms with Crippen molar-refractivity contribution in [1.29, 1.82) is 0 Å². The number of hydrogen-bond donors (Lipinski definition) is 1. The molecule has 1 N–H and O–H groups in total. The first kappa shape index (κ1) is 14.9. The van der Waals surface area contributed by atoms with Gasteiger partial charge in [0.1, 0.15) is 5.82 Å². The molecule has 0 spiro atoms. The van der Waals surface area contributed by atoms with E-state index in [-0.39, 0.29) is 6.07 Å². The number of hydrogen-bond acceptors (Lipinski definition) is 3. The topological polar surface area (TPSA) is 63.6 Å². The number of alkyl halides is 3. The van der Waals surface area contributed by atoms with Crippen LogP contribution in [-0.2, 0) is 20.5 Å². The van der Waals surface area contributed by atoms with E-state index < -0.39 is 41.2 Å². The minimum Gasteiger partial charge on any atom is -0.478 e. The molecule has 0 radical (unpaired) electrons. The molecule has 1 aromatic carbocycles. The molecular formula is C11H8F4O4. The van der Waals surface area contributed by atoms with Crippen LogP contribution in [0.3, 0.4) is 0 Å². The maximum atomic E-state index is 12.8. The van der Waals surface area contributed by atoms with Crippen molar-refractivity contribution in [2.75, 3.05) is 0 Å². The predicted molar refractivity (Wildman–Crippen MR) is 53.5 cm³/mol. The largest absolute Gasteiger partial charge is 0.478 e. The lowest BCUT2D eigenvalue weighted by atomic mass is 10.0. The Labute approximate surface area is 104 Å². The lowest BCUT2D eigenvalue weighted by Crippen LogP contribution is -2.22. The second-order valence-corrected chi connectivity index (χ2v) is 3.56. The number of rotatable bonds is 3. The molecule has 0 aliphatic rings. The average Bonchev–Trinajstić information content (AvgIpc) is 2.24. The Hall–Kier alpha value is -2.12. The van der Waals surface area contributed by atoms with E-state index in [2.05, 4.69) is 4.74 Å². The number of carbonyl (C=O) groups is 2. The van der Waals surface area contributed by atoms with E-state index in [1.54, 1.807) is 0 Å². The van der Waals surface area contributed by atoms with Gasteiger partial charge in [-0.05, 0) is 12.1 Å². The third-order valence-electron chi connectivity index (χ3n) is 2.11. The van der Waals surface area contributed by atoms with Crippen molar-refractivity contribution in [3.8, 4) is 0 Å². The fourth-order valence-corrected chi connectivity index (χ4v) is 1.42. The van der Waals surface area contributed by atoms with Crippen molar-refractivity contribution in [2.45, 2.75) is 19.2 Å². The van der Waals surface area contributed by atoms with Crippen LogP contribution in [0.5, 0.6) is 0 Å². The van der Waals surface area contributed by atoms with Crippen LogP contribution in [0.25, 0.3) is 0 Å². The van der Waals surface area contributed by atoms with Crippen LogP contribution in [0.2, 0.25) is 0 Å². The van der Waals surface area contributed by atoms with Crippen LogP contribution < -0.4 is 0 Å². The summed E-state index contributed by atoms with van der Waals surface area (Å²) in [6, 6.07) is 1.43. The number of carboxylic acid groups (broad SMARTS) is 1. The zero-order valence-electron chi connectivity index (χ0n) is 9.49. The van der Waals surface area contributed by atoms with Crippen LogP contribution in [0, 0.1) is 5.82 Å². The van der Waals surface area contributed by atoms with Crippen LogP contribution in [-0.4, -0.2) is 17.0 Å². The molecule has 0 fully saturated rings. The summed E-state index contributed by atoms with van der Waals surface area (Å²) in [4.78, 5) is 21.6. The molecule has 0 aromatic heterocycles. The van der Waals surface area contributed by atoms with Crippen molar-refractivity contribution < 1.29 is 37.0 Å². The summed E-state index contributed by atoms with van der Waals surface area (Å²) in [7, 11) is 0. The van der Waals surface area contributed by atoms with E-state index in [1.807, 2.05) is 0 Å². The molecule has 1 atom stereocenters. The van der Waals surface area contributed by atoms with Crippen molar-refractivity contribution >= 4 is 11.9 Å². The summed E-state index contributed by atoms with van der Waals surface area (Å²) < 4.78 is 55.2. The van der Waals surface area contributed by atoms with E-state index in [4.69, 9.17) is 5.11 Å². The Balaban J connectivity index is 3.38. The fraction of sp³-hybridized carbons (Fsp3) is 0.273. The highest BCUT2D eigenvalue weighted by Gasteiger charge is 2.38. The Bertz CT molecular complexity index is 510. The van der Waals surface area contributed by atoms with Crippen molar-refractivity contribution in [3.05, 3.63) is 35.1 Å². The molecule has 1 rings (SSSR count). The Morgan fingerprint density at radius 2 is 1.89 bits per heavy atom. The molecule has 0 saturated carbocycles. The summed E-state index contributed by atoms with van der Waals surface area (Å²) in [5, 5.41) is 8.80. The quantitative estimate of drug-likeness (QED) is 0.682. The van der Waals surface area contributed by atoms with E-state index in [1.165, 1.54) is 0 Å². The van der Waals surface area contributed by atoms with Gasteiger partial charge in [0.25, 0.3) is 0 Å².